The zero-order valence-corrected chi connectivity index (χ0v) is 10.8. The number of allylic oxidation sites excluding steroid dienone is 2. The van der Waals surface area contributed by atoms with Crippen molar-refractivity contribution < 1.29 is 4.79 Å². The van der Waals surface area contributed by atoms with E-state index in [1.54, 1.807) is 0 Å². The van der Waals surface area contributed by atoms with Gasteiger partial charge in [0.15, 0.2) is 5.78 Å². The van der Waals surface area contributed by atoms with Crippen molar-refractivity contribution in [3.8, 4) is 0 Å². The molecule has 0 saturated heterocycles. The number of hydrogen-bond donors (Lipinski definition) is 0. The van der Waals surface area contributed by atoms with E-state index in [1.165, 1.54) is 31.3 Å². The van der Waals surface area contributed by atoms with Crippen LogP contribution in [0.2, 0.25) is 0 Å². The molecule has 1 heteroatoms. The first-order chi connectivity index (χ1) is 8.01. The van der Waals surface area contributed by atoms with Gasteiger partial charge in [-0.1, -0.05) is 25.7 Å². The van der Waals surface area contributed by atoms with E-state index in [2.05, 4.69) is 20.1 Å². The summed E-state index contributed by atoms with van der Waals surface area (Å²) < 4.78 is 0. The third-order valence-corrected chi connectivity index (χ3v) is 5.62. The van der Waals surface area contributed by atoms with Crippen molar-refractivity contribution >= 4 is 5.78 Å². The Balaban J connectivity index is 1.91. The predicted molar refractivity (Wildman–Crippen MR) is 69.6 cm³/mol. The molecular formula is C16H22O. The van der Waals surface area contributed by atoms with Gasteiger partial charge in [-0.15, -0.1) is 0 Å². The Morgan fingerprint density at radius 2 is 2.12 bits per heavy atom. The lowest BCUT2D eigenvalue weighted by Gasteiger charge is -2.50. The van der Waals surface area contributed by atoms with Gasteiger partial charge in [0.25, 0.3) is 0 Å². The van der Waals surface area contributed by atoms with E-state index in [9.17, 15) is 4.79 Å². The molecule has 3 fully saturated rings. The fraction of sp³-hybridized carbons (Fsp3) is 0.688. The Labute approximate surface area is 104 Å². The molecule has 17 heavy (non-hydrogen) atoms. The smallest absolute Gasteiger partial charge is 0.158 e. The molecule has 0 N–H and O–H groups in total. The van der Waals surface area contributed by atoms with Gasteiger partial charge in [-0.25, -0.2) is 0 Å². The summed E-state index contributed by atoms with van der Waals surface area (Å²) in [6.45, 7) is 10.7. The molecule has 0 heterocycles. The number of hydrogen-bond acceptors (Lipinski definition) is 1. The number of ketones is 1. The van der Waals surface area contributed by atoms with Crippen LogP contribution in [-0.4, -0.2) is 5.78 Å². The number of carbonyl (C=O) groups is 1. The van der Waals surface area contributed by atoms with Gasteiger partial charge in [0.2, 0.25) is 0 Å². The normalized spacial score (nSPS) is 45.7. The molecule has 4 unspecified atom stereocenters. The van der Waals surface area contributed by atoms with Crippen LogP contribution in [0.15, 0.2) is 24.3 Å². The lowest BCUT2D eigenvalue weighted by Crippen LogP contribution is -2.41. The van der Waals surface area contributed by atoms with Crippen LogP contribution < -0.4 is 0 Å². The van der Waals surface area contributed by atoms with Crippen LogP contribution in [0.4, 0.5) is 0 Å². The van der Waals surface area contributed by atoms with Crippen LogP contribution in [-0.2, 0) is 4.79 Å². The highest BCUT2D eigenvalue weighted by atomic mass is 16.1. The molecule has 0 bridgehead atoms. The molecule has 0 aromatic carbocycles. The highest BCUT2D eigenvalue weighted by Gasteiger charge is 2.50. The lowest BCUT2D eigenvalue weighted by molar-refractivity contribution is -0.114. The summed E-state index contributed by atoms with van der Waals surface area (Å²) in [5, 5.41) is 0. The highest BCUT2D eigenvalue weighted by Crippen LogP contribution is 2.58. The fourth-order valence-corrected chi connectivity index (χ4v) is 4.66. The van der Waals surface area contributed by atoms with Crippen molar-refractivity contribution in [3.63, 3.8) is 0 Å². The van der Waals surface area contributed by atoms with Gasteiger partial charge in [0.05, 0.1) is 0 Å². The summed E-state index contributed by atoms with van der Waals surface area (Å²) >= 11 is 0. The van der Waals surface area contributed by atoms with Crippen LogP contribution in [0.1, 0.15) is 45.4 Å². The summed E-state index contributed by atoms with van der Waals surface area (Å²) in [6, 6.07) is 0. The van der Waals surface area contributed by atoms with Crippen LogP contribution in [0.5, 0.6) is 0 Å². The summed E-state index contributed by atoms with van der Waals surface area (Å²) in [5.41, 5.74) is 2.77. The molecule has 4 atom stereocenters. The molecule has 92 valence electrons. The number of carbonyl (C=O) groups excluding carboxylic acids is 1. The Morgan fingerprint density at radius 1 is 1.35 bits per heavy atom. The van der Waals surface area contributed by atoms with E-state index in [4.69, 9.17) is 0 Å². The molecule has 0 aromatic heterocycles. The van der Waals surface area contributed by atoms with Crippen LogP contribution >= 0.6 is 0 Å². The molecule has 0 aliphatic heterocycles. The van der Waals surface area contributed by atoms with E-state index in [0.29, 0.717) is 29.0 Å². The molecular weight excluding hydrogens is 208 g/mol. The Hall–Kier alpha value is -0.850. The third kappa shape index (κ3) is 1.55. The second-order valence-electron chi connectivity index (χ2n) is 6.68. The lowest BCUT2D eigenvalue weighted by atomic mass is 9.54. The van der Waals surface area contributed by atoms with Gasteiger partial charge in [0, 0.05) is 6.42 Å². The molecule has 3 aliphatic carbocycles. The molecule has 1 nitrogen and oxygen atoms in total. The summed E-state index contributed by atoms with van der Waals surface area (Å²) in [5.74, 6) is 2.02. The van der Waals surface area contributed by atoms with Gasteiger partial charge in [0.1, 0.15) is 0 Å². The molecule has 0 spiro atoms. The van der Waals surface area contributed by atoms with E-state index in [1.807, 2.05) is 0 Å². The highest BCUT2D eigenvalue weighted by molar-refractivity contribution is 5.97. The van der Waals surface area contributed by atoms with E-state index in [-0.39, 0.29) is 0 Å². The first kappa shape index (κ1) is 11.3. The van der Waals surface area contributed by atoms with E-state index >= 15 is 0 Å². The van der Waals surface area contributed by atoms with Crippen LogP contribution in [0, 0.1) is 23.2 Å². The molecule has 0 aromatic rings. The quantitative estimate of drug-likeness (QED) is 0.455. The molecule has 3 aliphatic rings. The van der Waals surface area contributed by atoms with Crippen molar-refractivity contribution in [2.45, 2.75) is 45.4 Å². The minimum absolute atomic E-state index is 0.327. The zero-order chi connectivity index (χ0) is 12.2. The zero-order valence-electron chi connectivity index (χ0n) is 10.8. The first-order valence-electron chi connectivity index (χ1n) is 6.91. The monoisotopic (exact) mass is 230 g/mol. The van der Waals surface area contributed by atoms with Crippen molar-refractivity contribution in [2.24, 2.45) is 23.2 Å². The number of fused-ring (bicyclic) bond motifs is 2. The van der Waals surface area contributed by atoms with Gasteiger partial charge in [-0.3, -0.25) is 4.79 Å². The van der Waals surface area contributed by atoms with Crippen molar-refractivity contribution in [2.75, 3.05) is 0 Å². The standard InChI is InChI=1S/C16H22O/c1-10-5-4-6-16(3)9-12-7-15(17)11(2)13(12)8-14(10)16/h12-14H,1-2,4-9H2,3H3. The first-order valence-corrected chi connectivity index (χ1v) is 6.91. The average Bonchev–Trinajstić information content (AvgIpc) is 2.52. The average molecular weight is 230 g/mol. The van der Waals surface area contributed by atoms with E-state index < -0.39 is 0 Å². The SMILES string of the molecule is C=C1C(=O)CC2CC3(C)CCCC(=C)C3CC12. The summed E-state index contributed by atoms with van der Waals surface area (Å²) in [6.07, 6.45) is 6.92. The maximum Gasteiger partial charge on any atom is 0.158 e. The van der Waals surface area contributed by atoms with Crippen LogP contribution in [0.25, 0.3) is 0 Å². The van der Waals surface area contributed by atoms with Crippen molar-refractivity contribution in [1.82, 2.24) is 0 Å². The number of Topliss-reactive ketones (excluding diaryl/α,β-unsaturated/α-hetero) is 1. The summed E-state index contributed by atoms with van der Waals surface area (Å²) in [4.78, 5) is 11.8. The van der Waals surface area contributed by atoms with Crippen molar-refractivity contribution in [1.29, 1.82) is 0 Å². The third-order valence-electron chi connectivity index (χ3n) is 5.62. The Morgan fingerprint density at radius 3 is 2.88 bits per heavy atom. The molecule has 3 saturated carbocycles. The maximum atomic E-state index is 11.8. The molecule has 0 radical (unpaired) electrons. The molecule has 0 amide bonds. The fourth-order valence-electron chi connectivity index (χ4n) is 4.66. The summed E-state index contributed by atoms with van der Waals surface area (Å²) in [7, 11) is 0. The van der Waals surface area contributed by atoms with Gasteiger partial charge in [-0.2, -0.15) is 0 Å². The van der Waals surface area contributed by atoms with Gasteiger partial charge in [-0.05, 0) is 60.8 Å². The minimum atomic E-state index is 0.327. The maximum absolute atomic E-state index is 11.8. The predicted octanol–water partition coefficient (Wildman–Crippen LogP) is 3.90. The minimum Gasteiger partial charge on any atom is -0.295 e. The largest absolute Gasteiger partial charge is 0.295 e. The second kappa shape index (κ2) is 3.57. The Bertz CT molecular complexity index is 406. The van der Waals surface area contributed by atoms with Crippen LogP contribution in [0.3, 0.4) is 0 Å². The Kier molecular flexibility index (Phi) is 2.36. The topological polar surface area (TPSA) is 17.1 Å². The van der Waals surface area contributed by atoms with Gasteiger partial charge < -0.3 is 0 Å². The van der Waals surface area contributed by atoms with Gasteiger partial charge >= 0.3 is 0 Å². The van der Waals surface area contributed by atoms with Crippen molar-refractivity contribution in [3.05, 3.63) is 24.3 Å². The van der Waals surface area contributed by atoms with E-state index in [0.717, 1.165) is 18.4 Å². The second-order valence-corrected chi connectivity index (χ2v) is 6.68. The molecule has 3 rings (SSSR count). The number of rotatable bonds is 0.